The van der Waals surface area contributed by atoms with E-state index in [0.29, 0.717) is 5.56 Å². The Bertz CT molecular complexity index is 870. The van der Waals surface area contributed by atoms with Crippen LogP contribution in [0.2, 0.25) is 0 Å². The lowest BCUT2D eigenvalue weighted by Gasteiger charge is -2.18. The molecule has 3 rings (SSSR count). The van der Waals surface area contributed by atoms with Crippen molar-refractivity contribution < 1.29 is 23.1 Å². The lowest BCUT2D eigenvalue weighted by molar-refractivity contribution is -0.130. The predicted octanol–water partition coefficient (Wildman–Crippen LogP) is 3.22. The number of anilines is 1. The van der Waals surface area contributed by atoms with E-state index in [2.05, 4.69) is 10.6 Å². The first-order chi connectivity index (χ1) is 12.9. The van der Waals surface area contributed by atoms with E-state index in [1.807, 2.05) is 0 Å². The highest BCUT2D eigenvalue weighted by molar-refractivity contribution is 6.08. The Hall–Kier alpha value is -2.96. The van der Waals surface area contributed by atoms with Crippen LogP contribution in [0.4, 0.5) is 14.5 Å². The van der Waals surface area contributed by atoms with Gasteiger partial charge < -0.3 is 15.4 Å². The molecule has 1 saturated heterocycles. The van der Waals surface area contributed by atoms with Crippen LogP contribution in [-0.2, 0) is 9.59 Å². The Morgan fingerprint density at radius 2 is 1.93 bits per heavy atom. The van der Waals surface area contributed by atoms with E-state index in [0.717, 1.165) is 0 Å². The summed E-state index contributed by atoms with van der Waals surface area (Å²) in [6, 6.07) is 10.1. The minimum Gasteiger partial charge on any atom is -0.488 e. The highest BCUT2D eigenvalue weighted by atomic mass is 19.1. The van der Waals surface area contributed by atoms with E-state index in [1.165, 1.54) is 30.3 Å². The lowest BCUT2D eigenvalue weighted by atomic mass is 9.87. The van der Waals surface area contributed by atoms with Gasteiger partial charge in [0, 0.05) is 12.5 Å². The Kier molecular flexibility index (Phi) is 5.39. The van der Waals surface area contributed by atoms with E-state index < -0.39 is 35.3 Å². The second-order valence-corrected chi connectivity index (χ2v) is 6.65. The van der Waals surface area contributed by atoms with Crippen LogP contribution in [0, 0.1) is 17.6 Å². The van der Waals surface area contributed by atoms with Gasteiger partial charge in [0.2, 0.25) is 11.8 Å². The first-order valence-corrected chi connectivity index (χ1v) is 8.66. The maximum Gasteiger partial charge on any atom is 0.237 e. The summed E-state index contributed by atoms with van der Waals surface area (Å²) in [4.78, 5) is 24.8. The molecule has 0 unspecified atom stereocenters. The molecule has 142 valence electrons. The van der Waals surface area contributed by atoms with Gasteiger partial charge in [0.1, 0.15) is 11.7 Å². The number of hydrogen-bond donors (Lipinski definition) is 2. The highest BCUT2D eigenvalue weighted by Gasteiger charge is 2.41. The van der Waals surface area contributed by atoms with Gasteiger partial charge in [-0.2, -0.15) is 0 Å². The van der Waals surface area contributed by atoms with Crippen LogP contribution < -0.4 is 15.4 Å². The fourth-order valence-corrected chi connectivity index (χ4v) is 3.10. The smallest absolute Gasteiger partial charge is 0.237 e. The number of amides is 2. The van der Waals surface area contributed by atoms with E-state index in [4.69, 9.17) is 4.74 Å². The molecule has 0 aliphatic carbocycles. The van der Waals surface area contributed by atoms with Crippen molar-refractivity contribution in [3.63, 3.8) is 0 Å². The number of halogens is 2. The molecule has 1 heterocycles. The topological polar surface area (TPSA) is 67.4 Å². The number of para-hydroxylation sites is 1. The summed E-state index contributed by atoms with van der Waals surface area (Å²) >= 11 is 0. The third-order valence-corrected chi connectivity index (χ3v) is 4.34. The van der Waals surface area contributed by atoms with Crippen molar-refractivity contribution in [3.05, 3.63) is 59.7 Å². The Morgan fingerprint density at radius 1 is 1.19 bits per heavy atom. The molecule has 1 aliphatic heterocycles. The van der Waals surface area contributed by atoms with Gasteiger partial charge in [-0.15, -0.1) is 0 Å². The molecule has 1 fully saturated rings. The first-order valence-electron chi connectivity index (χ1n) is 8.66. The Balaban J connectivity index is 1.83. The van der Waals surface area contributed by atoms with Crippen LogP contribution in [0.3, 0.4) is 0 Å². The minimum absolute atomic E-state index is 0.00666. The zero-order valence-corrected chi connectivity index (χ0v) is 15.0. The lowest BCUT2D eigenvalue weighted by Crippen LogP contribution is -2.32. The molecule has 2 N–H and O–H groups in total. The van der Waals surface area contributed by atoms with Crippen molar-refractivity contribution in [2.75, 3.05) is 11.9 Å². The molecule has 2 amide bonds. The molecule has 27 heavy (non-hydrogen) atoms. The molecular formula is C20H20F2N2O3. The third kappa shape index (κ3) is 4.07. The fraction of sp³-hybridized carbons (Fsp3) is 0.300. The normalized spacial score (nSPS) is 19.1. The summed E-state index contributed by atoms with van der Waals surface area (Å²) in [5.74, 6) is -3.80. The molecule has 7 heteroatoms. The number of ether oxygens (including phenoxy) is 1. The van der Waals surface area contributed by atoms with Gasteiger partial charge in [0.25, 0.3) is 0 Å². The SMILES string of the molecule is CC(C)Oc1ccc([C@H]2CNC(=O)[C@@H]2C(=O)Nc2ccccc2F)cc1F. The second-order valence-electron chi connectivity index (χ2n) is 6.65. The van der Waals surface area contributed by atoms with Crippen LogP contribution in [0.5, 0.6) is 5.75 Å². The van der Waals surface area contributed by atoms with Crippen molar-refractivity contribution in [1.29, 1.82) is 0 Å². The number of hydrogen-bond acceptors (Lipinski definition) is 3. The molecule has 0 spiro atoms. The van der Waals surface area contributed by atoms with Crippen LogP contribution in [0.1, 0.15) is 25.3 Å². The number of nitrogens with one attached hydrogen (secondary N) is 2. The van der Waals surface area contributed by atoms with E-state index >= 15 is 0 Å². The third-order valence-electron chi connectivity index (χ3n) is 4.34. The largest absolute Gasteiger partial charge is 0.488 e. The molecule has 0 radical (unpaired) electrons. The predicted molar refractivity (Wildman–Crippen MR) is 96.4 cm³/mol. The molecule has 2 atom stereocenters. The van der Waals surface area contributed by atoms with Gasteiger partial charge in [-0.1, -0.05) is 18.2 Å². The van der Waals surface area contributed by atoms with Gasteiger partial charge >= 0.3 is 0 Å². The number of benzene rings is 2. The van der Waals surface area contributed by atoms with Crippen LogP contribution in [0.15, 0.2) is 42.5 Å². The van der Waals surface area contributed by atoms with E-state index in [1.54, 1.807) is 26.0 Å². The summed E-state index contributed by atoms with van der Waals surface area (Å²) in [6.07, 6.45) is -0.181. The summed E-state index contributed by atoms with van der Waals surface area (Å²) in [6.45, 7) is 3.77. The molecule has 0 aromatic heterocycles. The standard InChI is InChI=1S/C20H20F2N2O3/c1-11(2)27-17-8-7-12(9-15(17)22)13-10-23-19(25)18(13)20(26)24-16-6-4-3-5-14(16)21/h3-9,11,13,18H,10H2,1-2H3,(H,23,25)(H,24,26)/t13-,18-/m1/s1. The average Bonchev–Trinajstić information content (AvgIpc) is 3.00. The Morgan fingerprint density at radius 3 is 2.59 bits per heavy atom. The first kappa shape index (κ1) is 18.8. The number of carbonyl (C=O) groups excluding carboxylic acids is 2. The molecule has 5 nitrogen and oxygen atoms in total. The van der Waals surface area contributed by atoms with Crippen LogP contribution in [-0.4, -0.2) is 24.5 Å². The van der Waals surface area contributed by atoms with Gasteiger partial charge in [0.15, 0.2) is 11.6 Å². The number of rotatable bonds is 5. The van der Waals surface area contributed by atoms with Crippen molar-refractivity contribution in [2.45, 2.75) is 25.9 Å². The minimum atomic E-state index is -1.08. The van der Waals surface area contributed by atoms with Gasteiger partial charge in [-0.05, 0) is 43.7 Å². The van der Waals surface area contributed by atoms with Crippen LogP contribution >= 0.6 is 0 Å². The van der Waals surface area contributed by atoms with Gasteiger partial charge in [0.05, 0.1) is 11.8 Å². The summed E-state index contributed by atoms with van der Waals surface area (Å²) < 4.78 is 33.5. The molecule has 1 aliphatic rings. The second kappa shape index (κ2) is 7.73. The molecular weight excluding hydrogens is 354 g/mol. The highest BCUT2D eigenvalue weighted by Crippen LogP contribution is 2.32. The van der Waals surface area contributed by atoms with Gasteiger partial charge in [-0.3, -0.25) is 9.59 Å². The van der Waals surface area contributed by atoms with Gasteiger partial charge in [-0.25, -0.2) is 8.78 Å². The maximum atomic E-state index is 14.3. The zero-order valence-electron chi connectivity index (χ0n) is 15.0. The molecule has 0 bridgehead atoms. The molecule has 2 aromatic carbocycles. The summed E-state index contributed by atoms with van der Waals surface area (Å²) in [5.41, 5.74) is 0.489. The summed E-state index contributed by atoms with van der Waals surface area (Å²) in [7, 11) is 0. The average molecular weight is 374 g/mol. The van der Waals surface area contributed by atoms with E-state index in [-0.39, 0.29) is 24.1 Å². The number of carbonyl (C=O) groups is 2. The van der Waals surface area contributed by atoms with Crippen molar-refractivity contribution >= 4 is 17.5 Å². The van der Waals surface area contributed by atoms with E-state index in [9.17, 15) is 18.4 Å². The monoisotopic (exact) mass is 374 g/mol. The molecule has 0 saturated carbocycles. The quantitative estimate of drug-likeness (QED) is 0.790. The summed E-state index contributed by atoms with van der Waals surface area (Å²) in [5, 5.41) is 5.06. The van der Waals surface area contributed by atoms with Crippen molar-refractivity contribution in [2.24, 2.45) is 5.92 Å². The van der Waals surface area contributed by atoms with Crippen molar-refractivity contribution in [1.82, 2.24) is 5.32 Å². The van der Waals surface area contributed by atoms with Crippen LogP contribution in [0.25, 0.3) is 0 Å². The Labute approximate surface area is 155 Å². The maximum absolute atomic E-state index is 14.3. The van der Waals surface area contributed by atoms with Crippen molar-refractivity contribution in [3.8, 4) is 5.75 Å². The molecule has 2 aromatic rings. The zero-order chi connectivity index (χ0) is 19.6. The fourth-order valence-electron chi connectivity index (χ4n) is 3.10.